The number of rotatable bonds is 5. The van der Waals surface area contributed by atoms with Crippen LogP contribution in [0.5, 0.6) is 0 Å². The molecule has 16 heavy (non-hydrogen) atoms. The van der Waals surface area contributed by atoms with Gasteiger partial charge < -0.3 is 10.0 Å². The molecular weight excluding hydrogens is 204 g/mol. The number of carboxylic acids is 1. The molecule has 1 aromatic rings. The van der Waals surface area contributed by atoms with Crippen molar-refractivity contribution in [3.63, 3.8) is 0 Å². The number of aromatic nitrogens is 1. The number of carbonyl (C=O) groups is 1. The molecule has 1 aromatic heterocycles. The maximum Gasteiger partial charge on any atom is 0.339 e. The molecule has 0 amide bonds. The lowest BCUT2D eigenvalue weighted by molar-refractivity contribution is 0.0696. The molecule has 0 aliphatic heterocycles. The second kappa shape index (κ2) is 5.49. The number of hydrogen-bond donors (Lipinski definition) is 1. The SMILES string of the molecule is CCCN(CC)c1nccc(C)c1C(=O)O. The molecule has 0 fully saturated rings. The lowest BCUT2D eigenvalue weighted by Gasteiger charge is -2.23. The lowest BCUT2D eigenvalue weighted by atomic mass is 10.1. The predicted molar refractivity (Wildman–Crippen MR) is 64.1 cm³/mol. The van der Waals surface area contributed by atoms with Crippen molar-refractivity contribution in [2.45, 2.75) is 27.2 Å². The van der Waals surface area contributed by atoms with Gasteiger partial charge in [-0.1, -0.05) is 6.92 Å². The van der Waals surface area contributed by atoms with Gasteiger partial charge in [0.1, 0.15) is 11.4 Å². The second-order valence-electron chi connectivity index (χ2n) is 3.71. The van der Waals surface area contributed by atoms with Gasteiger partial charge in [-0.3, -0.25) is 0 Å². The molecule has 1 N–H and O–H groups in total. The fourth-order valence-electron chi connectivity index (χ4n) is 1.73. The van der Waals surface area contributed by atoms with E-state index in [2.05, 4.69) is 11.9 Å². The monoisotopic (exact) mass is 222 g/mol. The van der Waals surface area contributed by atoms with E-state index < -0.39 is 5.97 Å². The van der Waals surface area contributed by atoms with Gasteiger partial charge in [0, 0.05) is 19.3 Å². The Kier molecular flexibility index (Phi) is 4.28. The standard InChI is InChI=1S/C12H18N2O2/c1-4-8-14(5-2)11-10(12(15)16)9(3)6-7-13-11/h6-7H,4-5,8H2,1-3H3,(H,15,16). The Morgan fingerprint density at radius 2 is 2.19 bits per heavy atom. The number of pyridine rings is 1. The van der Waals surface area contributed by atoms with Crippen molar-refractivity contribution < 1.29 is 9.90 Å². The van der Waals surface area contributed by atoms with Crippen LogP contribution in [0.1, 0.15) is 36.2 Å². The van der Waals surface area contributed by atoms with E-state index in [-0.39, 0.29) is 0 Å². The van der Waals surface area contributed by atoms with Gasteiger partial charge in [0.05, 0.1) is 0 Å². The van der Waals surface area contributed by atoms with E-state index in [1.807, 2.05) is 11.8 Å². The minimum absolute atomic E-state index is 0.317. The first kappa shape index (κ1) is 12.5. The largest absolute Gasteiger partial charge is 0.478 e. The summed E-state index contributed by atoms with van der Waals surface area (Å²) in [4.78, 5) is 17.4. The Labute approximate surface area is 95.9 Å². The molecule has 0 atom stereocenters. The van der Waals surface area contributed by atoms with Crippen molar-refractivity contribution in [3.8, 4) is 0 Å². The first-order chi connectivity index (χ1) is 7.61. The molecule has 0 saturated carbocycles. The van der Waals surface area contributed by atoms with Gasteiger partial charge in [0.25, 0.3) is 0 Å². The summed E-state index contributed by atoms with van der Waals surface area (Å²) in [7, 11) is 0. The molecule has 0 unspecified atom stereocenters. The molecule has 4 nitrogen and oxygen atoms in total. The lowest BCUT2D eigenvalue weighted by Crippen LogP contribution is -2.27. The van der Waals surface area contributed by atoms with Crippen molar-refractivity contribution in [3.05, 3.63) is 23.4 Å². The zero-order chi connectivity index (χ0) is 12.1. The van der Waals surface area contributed by atoms with Crippen molar-refractivity contribution in [2.75, 3.05) is 18.0 Å². The van der Waals surface area contributed by atoms with E-state index in [4.69, 9.17) is 0 Å². The summed E-state index contributed by atoms with van der Waals surface area (Å²) in [6, 6.07) is 1.73. The topological polar surface area (TPSA) is 53.4 Å². The van der Waals surface area contributed by atoms with Crippen LogP contribution >= 0.6 is 0 Å². The maximum atomic E-state index is 11.2. The minimum Gasteiger partial charge on any atom is -0.478 e. The Morgan fingerprint density at radius 3 is 2.69 bits per heavy atom. The van der Waals surface area contributed by atoms with Crippen LogP contribution in [0, 0.1) is 6.92 Å². The highest BCUT2D eigenvalue weighted by molar-refractivity contribution is 5.94. The van der Waals surface area contributed by atoms with Crippen molar-refractivity contribution in [1.82, 2.24) is 4.98 Å². The van der Waals surface area contributed by atoms with Crippen LogP contribution in [0.2, 0.25) is 0 Å². The summed E-state index contributed by atoms with van der Waals surface area (Å²) in [5, 5.41) is 9.19. The van der Waals surface area contributed by atoms with E-state index in [0.717, 1.165) is 25.1 Å². The van der Waals surface area contributed by atoms with Crippen LogP contribution in [0.25, 0.3) is 0 Å². The van der Waals surface area contributed by atoms with Crippen molar-refractivity contribution >= 4 is 11.8 Å². The first-order valence-electron chi connectivity index (χ1n) is 5.55. The van der Waals surface area contributed by atoms with Crippen molar-refractivity contribution in [1.29, 1.82) is 0 Å². The highest BCUT2D eigenvalue weighted by atomic mass is 16.4. The van der Waals surface area contributed by atoms with Crippen LogP contribution in [0.15, 0.2) is 12.3 Å². The second-order valence-corrected chi connectivity index (χ2v) is 3.71. The van der Waals surface area contributed by atoms with Gasteiger partial charge in [-0.05, 0) is 31.9 Å². The summed E-state index contributed by atoms with van der Waals surface area (Å²) >= 11 is 0. The van der Waals surface area contributed by atoms with Gasteiger partial charge in [-0.2, -0.15) is 0 Å². The number of aryl methyl sites for hydroxylation is 1. The Hall–Kier alpha value is -1.58. The predicted octanol–water partition coefficient (Wildman–Crippen LogP) is 2.32. The molecule has 88 valence electrons. The third-order valence-corrected chi connectivity index (χ3v) is 2.53. The van der Waals surface area contributed by atoms with E-state index in [1.54, 1.807) is 19.2 Å². The number of hydrogen-bond acceptors (Lipinski definition) is 3. The summed E-state index contributed by atoms with van der Waals surface area (Å²) in [5.74, 6) is -0.327. The maximum absolute atomic E-state index is 11.2. The number of anilines is 1. The zero-order valence-corrected chi connectivity index (χ0v) is 10.0. The normalized spacial score (nSPS) is 10.2. The van der Waals surface area contributed by atoms with Crippen molar-refractivity contribution in [2.24, 2.45) is 0 Å². The highest BCUT2D eigenvalue weighted by Gasteiger charge is 2.18. The van der Waals surface area contributed by atoms with Crippen LogP contribution in [-0.4, -0.2) is 29.1 Å². The van der Waals surface area contributed by atoms with Gasteiger partial charge in [0.2, 0.25) is 0 Å². The van der Waals surface area contributed by atoms with Crippen LogP contribution in [0.3, 0.4) is 0 Å². The number of carboxylic acid groups (broad SMARTS) is 1. The summed E-state index contributed by atoms with van der Waals surface area (Å²) in [5.41, 5.74) is 1.07. The molecule has 0 aliphatic rings. The third kappa shape index (κ3) is 2.51. The minimum atomic E-state index is -0.907. The van der Waals surface area contributed by atoms with Gasteiger partial charge in [-0.15, -0.1) is 0 Å². The summed E-state index contributed by atoms with van der Waals surface area (Å²) < 4.78 is 0. The van der Waals surface area contributed by atoms with Gasteiger partial charge in [0.15, 0.2) is 0 Å². The Morgan fingerprint density at radius 1 is 1.50 bits per heavy atom. The van der Waals surface area contributed by atoms with E-state index in [9.17, 15) is 9.90 Å². The molecular formula is C12H18N2O2. The molecule has 0 radical (unpaired) electrons. The van der Waals surface area contributed by atoms with E-state index in [0.29, 0.717) is 11.4 Å². The Bertz CT molecular complexity index is 377. The van der Waals surface area contributed by atoms with E-state index >= 15 is 0 Å². The summed E-state index contributed by atoms with van der Waals surface area (Å²) in [6.07, 6.45) is 2.64. The fourth-order valence-corrected chi connectivity index (χ4v) is 1.73. The molecule has 0 aromatic carbocycles. The Balaban J connectivity index is 3.20. The van der Waals surface area contributed by atoms with Crippen LogP contribution in [0.4, 0.5) is 5.82 Å². The average Bonchev–Trinajstić information content (AvgIpc) is 2.25. The summed E-state index contributed by atoms with van der Waals surface area (Å²) in [6.45, 7) is 7.47. The molecule has 1 heterocycles. The smallest absolute Gasteiger partial charge is 0.339 e. The molecule has 0 spiro atoms. The molecule has 4 heteroatoms. The fraction of sp³-hybridized carbons (Fsp3) is 0.500. The first-order valence-corrected chi connectivity index (χ1v) is 5.55. The zero-order valence-electron chi connectivity index (χ0n) is 10.0. The molecule has 0 aliphatic carbocycles. The number of aromatic carboxylic acids is 1. The molecule has 1 rings (SSSR count). The van der Waals surface area contributed by atoms with Crippen LogP contribution < -0.4 is 4.90 Å². The number of nitrogens with zero attached hydrogens (tertiary/aromatic N) is 2. The van der Waals surface area contributed by atoms with Gasteiger partial charge in [-0.25, -0.2) is 9.78 Å². The van der Waals surface area contributed by atoms with Crippen LogP contribution in [-0.2, 0) is 0 Å². The molecule has 0 saturated heterocycles. The quantitative estimate of drug-likeness (QED) is 0.830. The molecule has 0 bridgehead atoms. The average molecular weight is 222 g/mol. The van der Waals surface area contributed by atoms with Gasteiger partial charge >= 0.3 is 5.97 Å². The van der Waals surface area contributed by atoms with E-state index in [1.165, 1.54) is 0 Å². The third-order valence-electron chi connectivity index (χ3n) is 2.53. The highest BCUT2D eigenvalue weighted by Crippen LogP contribution is 2.20.